The van der Waals surface area contributed by atoms with Crippen LogP contribution in [0.25, 0.3) is 21.5 Å². The quantitative estimate of drug-likeness (QED) is 0.131. The van der Waals surface area contributed by atoms with Crippen molar-refractivity contribution in [3.63, 3.8) is 0 Å². The molecule has 59 heavy (non-hydrogen) atoms. The maximum atomic E-state index is 12.9. The number of anilines is 2. The number of fused-ring (bicyclic) bond motifs is 4. The zero-order chi connectivity index (χ0) is 41.1. The molecule has 2 aliphatic carbocycles. The summed E-state index contributed by atoms with van der Waals surface area (Å²) in [6.45, 7) is 3.08. The van der Waals surface area contributed by atoms with E-state index >= 15 is 0 Å². The summed E-state index contributed by atoms with van der Waals surface area (Å²) >= 11 is 5.04. The summed E-state index contributed by atoms with van der Waals surface area (Å²) in [4.78, 5) is 24.7. The lowest BCUT2D eigenvalue weighted by atomic mass is 9.99. The van der Waals surface area contributed by atoms with Gasteiger partial charge in [-0.3, -0.25) is 19.0 Å². The van der Waals surface area contributed by atoms with E-state index in [4.69, 9.17) is 11.6 Å². The summed E-state index contributed by atoms with van der Waals surface area (Å²) in [5.74, 6) is 0.716. The molecule has 0 aromatic heterocycles. The van der Waals surface area contributed by atoms with Gasteiger partial charge in [0.2, 0.25) is 11.1 Å². The number of benzene rings is 6. The van der Waals surface area contributed by atoms with Crippen LogP contribution >= 0.6 is 11.6 Å². The molecule has 2 saturated carbocycles. The van der Waals surface area contributed by atoms with Gasteiger partial charge in [-0.25, -0.2) is 16.8 Å². The summed E-state index contributed by atoms with van der Waals surface area (Å²) in [5, 5.41) is 6.99. The molecule has 0 saturated heterocycles. The average Bonchev–Trinajstić information content (AvgIpc) is 4.18. The fourth-order valence-electron chi connectivity index (χ4n) is 7.34. The zero-order valence-electron chi connectivity index (χ0n) is 32.4. The van der Waals surface area contributed by atoms with Crippen molar-refractivity contribution >= 4 is 75.7 Å². The lowest BCUT2D eigenvalue weighted by Crippen LogP contribution is -2.36. The number of amides is 1. The van der Waals surface area contributed by atoms with Crippen LogP contribution in [0.5, 0.6) is 0 Å². The highest BCUT2D eigenvalue weighted by Crippen LogP contribution is 2.34. The number of sulfonamides is 2. The van der Waals surface area contributed by atoms with Gasteiger partial charge in [-0.15, -0.1) is 0 Å². The molecule has 2 aliphatic heterocycles. The Balaban J connectivity index is 0.000000146. The van der Waals surface area contributed by atoms with Gasteiger partial charge in [0.25, 0.3) is 20.0 Å². The molecule has 3 N–H and O–H groups in total. The first-order valence-electron chi connectivity index (χ1n) is 19.9. The van der Waals surface area contributed by atoms with Gasteiger partial charge in [0.15, 0.2) is 0 Å². The number of carbonyl (C=O) groups excluding carboxylic acids is 2. The third-order valence-corrected chi connectivity index (χ3v) is 14.1. The van der Waals surface area contributed by atoms with Crippen molar-refractivity contribution < 1.29 is 26.4 Å². The Morgan fingerprint density at radius 2 is 1.08 bits per heavy atom. The van der Waals surface area contributed by atoms with Crippen LogP contribution in [0.3, 0.4) is 0 Å². The Bertz CT molecular complexity index is 2790. The largest absolute Gasteiger partial charge is 0.338 e. The van der Waals surface area contributed by atoms with Crippen molar-refractivity contribution in [1.82, 2.24) is 10.2 Å². The predicted octanol–water partition coefficient (Wildman–Crippen LogP) is 8.38. The van der Waals surface area contributed by atoms with Crippen LogP contribution in [0, 0.1) is 11.8 Å². The number of halogens is 1. The van der Waals surface area contributed by atoms with Gasteiger partial charge in [0.05, 0.1) is 9.79 Å². The Kier molecular flexibility index (Phi) is 11.8. The third-order valence-electron chi connectivity index (χ3n) is 11.0. The summed E-state index contributed by atoms with van der Waals surface area (Å²) in [7, 11) is -7.27. The second kappa shape index (κ2) is 17.1. The van der Waals surface area contributed by atoms with Crippen molar-refractivity contribution in [2.24, 2.45) is 11.8 Å². The Morgan fingerprint density at radius 3 is 1.59 bits per heavy atom. The van der Waals surface area contributed by atoms with E-state index in [2.05, 4.69) is 14.8 Å². The SMILES string of the molecule is O=C(C1CC1)N1CCc2cc(NS(=O)(=O)c3ccc4ccccc4c3)ccc2C1.O=C(Cl)C1CC1.O=S(=O)(Nc1ccc2c(c1)CCNC2)c1ccc2ccccc2c1. The van der Waals surface area contributed by atoms with E-state index in [-0.39, 0.29) is 32.8 Å². The average molecular weight is 849 g/mol. The van der Waals surface area contributed by atoms with Crippen LogP contribution in [0.15, 0.2) is 131 Å². The molecular formula is C46H45ClN4O6S2. The summed E-state index contributed by atoms with van der Waals surface area (Å²) in [5.41, 5.74) is 5.80. The summed E-state index contributed by atoms with van der Waals surface area (Å²) in [6, 6.07) is 37.1. The van der Waals surface area contributed by atoms with Gasteiger partial charge in [-0.2, -0.15) is 0 Å². The molecule has 10 nitrogen and oxygen atoms in total. The zero-order valence-corrected chi connectivity index (χ0v) is 34.8. The molecule has 0 unspecified atom stereocenters. The normalized spacial score (nSPS) is 16.1. The van der Waals surface area contributed by atoms with Crippen molar-refractivity contribution in [3.8, 4) is 0 Å². The van der Waals surface area contributed by atoms with E-state index in [1.54, 1.807) is 30.3 Å². The Hall–Kier alpha value is -5.27. The third kappa shape index (κ3) is 9.96. The molecule has 0 radical (unpaired) electrons. The molecule has 10 rings (SSSR count). The van der Waals surface area contributed by atoms with Crippen LogP contribution in [-0.4, -0.2) is 46.0 Å². The van der Waals surface area contributed by atoms with Crippen LogP contribution in [0.1, 0.15) is 47.9 Å². The first-order chi connectivity index (χ1) is 28.4. The van der Waals surface area contributed by atoms with E-state index in [0.29, 0.717) is 24.5 Å². The van der Waals surface area contributed by atoms with Crippen LogP contribution in [0.2, 0.25) is 0 Å². The van der Waals surface area contributed by atoms with Gasteiger partial charge in [-0.1, -0.05) is 72.8 Å². The molecule has 4 aliphatic rings. The van der Waals surface area contributed by atoms with Gasteiger partial charge in [0, 0.05) is 42.8 Å². The predicted molar refractivity (Wildman–Crippen MR) is 233 cm³/mol. The number of carbonyl (C=O) groups is 2. The molecule has 0 atom stereocenters. The van der Waals surface area contributed by atoms with Crippen LogP contribution < -0.4 is 14.8 Å². The topological polar surface area (TPSA) is 142 Å². The molecule has 6 aromatic rings. The van der Waals surface area contributed by atoms with Crippen molar-refractivity contribution in [3.05, 3.63) is 144 Å². The monoisotopic (exact) mass is 848 g/mol. The Labute approximate surface area is 350 Å². The standard InChI is InChI=1S/C23H22N2O3S.C19H18N2O2S.C4H5ClO/c26-23(17-5-6-17)25-12-11-19-13-21(9-7-20(19)15-25)24-29(27,28)22-10-8-16-3-1-2-4-18(16)14-22;22-24(23,19-8-6-14-3-1-2-4-15(14)12-19)21-18-7-5-17-13-20-10-9-16(17)11-18;5-4(6)3-1-2-3/h1-4,7-10,13-14,17,24H,5-6,11-12,15H2;1-8,11-12,20-21H,9-10,13H2;3H,1-2H2. The highest BCUT2D eigenvalue weighted by atomic mass is 35.5. The van der Waals surface area contributed by atoms with Crippen molar-refractivity contribution in [2.75, 3.05) is 22.5 Å². The smallest absolute Gasteiger partial charge is 0.261 e. The highest BCUT2D eigenvalue weighted by Gasteiger charge is 2.34. The molecule has 2 fully saturated rings. The second-order valence-corrected chi connectivity index (χ2v) is 19.2. The summed E-state index contributed by atoms with van der Waals surface area (Å²) in [6.07, 6.45) is 5.72. The number of hydrogen-bond donors (Lipinski definition) is 3. The first-order valence-corrected chi connectivity index (χ1v) is 23.2. The molecule has 304 valence electrons. The second-order valence-electron chi connectivity index (χ2n) is 15.5. The van der Waals surface area contributed by atoms with Gasteiger partial charge in [-0.05, 0) is 149 Å². The van der Waals surface area contributed by atoms with Crippen molar-refractivity contribution in [2.45, 2.75) is 61.4 Å². The lowest BCUT2D eigenvalue weighted by Gasteiger charge is -2.29. The number of nitrogens with zero attached hydrogens (tertiary/aromatic N) is 1. The van der Waals surface area contributed by atoms with Gasteiger partial charge >= 0.3 is 0 Å². The number of hydrogen-bond acceptors (Lipinski definition) is 7. The van der Waals surface area contributed by atoms with E-state index in [1.165, 1.54) is 11.1 Å². The highest BCUT2D eigenvalue weighted by molar-refractivity contribution is 7.93. The van der Waals surface area contributed by atoms with Crippen molar-refractivity contribution in [1.29, 1.82) is 0 Å². The van der Waals surface area contributed by atoms with E-state index < -0.39 is 20.0 Å². The fourth-order valence-corrected chi connectivity index (χ4v) is 9.73. The summed E-state index contributed by atoms with van der Waals surface area (Å²) < 4.78 is 56.5. The molecular weight excluding hydrogens is 804 g/mol. The number of rotatable bonds is 8. The Morgan fingerprint density at radius 1 is 0.576 bits per heavy atom. The fraction of sp³-hybridized carbons (Fsp3) is 0.261. The van der Waals surface area contributed by atoms with Crippen LogP contribution in [0.4, 0.5) is 11.4 Å². The molecule has 13 heteroatoms. The molecule has 2 heterocycles. The van der Waals surface area contributed by atoms with Gasteiger partial charge < -0.3 is 10.2 Å². The van der Waals surface area contributed by atoms with E-state index in [9.17, 15) is 26.4 Å². The lowest BCUT2D eigenvalue weighted by molar-refractivity contribution is -0.133. The minimum atomic E-state index is -3.67. The maximum Gasteiger partial charge on any atom is 0.261 e. The van der Waals surface area contributed by atoms with E-state index in [1.807, 2.05) is 95.9 Å². The molecule has 1 amide bonds. The maximum absolute atomic E-state index is 12.9. The van der Waals surface area contributed by atoms with Crippen LogP contribution in [-0.2, 0) is 55.6 Å². The number of nitrogens with one attached hydrogen (secondary N) is 3. The first kappa shape index (κ1) is 40.5. The van der Waals surface area contributed by atoms with Gasteiger partial charge in [0.1, 0.15) is 0 Å². The molecule has 0 bridgehead atoms. The minimum Gasteiger partial charge on any atom is -0.338 e. The molecule has 0 spiro atoms. The molecule has 6 aromatic carbocycles. The van der Waals surface area contributed by atoms with E-state index in [0.717, 1.165) is 84.3 Å². The minimum absolute atomic E-state index is 0.157.